The van der Waals surface area contributed by atoms with Gasteiger partial charge in [0.15, 0.2) is 0 Å². The summed E-state index contributed by atoms with van der Waals surface area (Å²) < 4.78 is 14.9. The Kier molecular flexibility index (Phi) is 3.50. The molecule has 0 aliphatic rings. The number of benzene rings is 1. The van der Waals surface area contributed by atoms with Gasteiger partial charge in [-0.05, 0) is 37.1 Å². The van der Waals surface area contributed by atoms with Gasteiger partial charge in [0, 0.05) is 12.2 Å². The summed E-state index contributed by atoms with van der Waals surface area (Å²) in [5.74, 6) is -0.0190. The van der Waals surface area contributed by atoms with Gasteiger partial charge in [0.05, 0.1) is 10.6 Å². The molecule has 3 nitrogen and oxygen atoms in total. The molecule has 0 saturated heterocycles. The Morgan fingerprint density at radius 1 is 1.42 bits per heavy atom. The van der Waals surface area contributed by atoms with Crippen LogP contribution in [-0.4, -0.2) is 4.57 Å². The predicted octanol–water partition coefficient (Wildman–Crippen LogP) is 3.40. The second-order valence-electron chi connectivity index (χ2n) is 4.42. The van der Waals surface area contributed by atoms with Gasteiger partial charge < -0.3 is 10.3 Å². The standard InChI is InChI=1S/C14H13ClFN3/c1-8-9(2)19(14(18)11(8)6-17)7-10-3-4-13(16)12(15)5-10/h3-5H,7,18H2,1-2H3. The van der Waals surface area contributed by atoms with E-state index in [1.54, 1.807) is 12.1 Å². The van der Waals surface area contributed by atoms with Crippen LogP contribution in [-0.2, 0) is 6.54 Å². The first-order valence-electron chi connectivity index (χ1n) is 5.75. The Hall–Kier alpha value is -1.99. The lowest BCUT2D eigenvalue weighted by atomic mass is 10.2. The highest BCUT2D eigenvalue weighted by Gasteiger charge is 2.15. The first-order chi connectivity index (χ1) is 8.95. The Bertz CT molecular complexity index is 683. The number of hydrogen-bond acceptors (Lipinski definition) is 2. The lowest BCUT2D eigenvalue weighted by Gasteiger charge is -2.09. The number of hydrogen-bond donors (Lipinski definition) is 1. The summed E-state index contributed by atoms with van der Waals surface area (Å²) in [5, 5.41) is 9.15. The van der Waals surface area contributed by atoms with E-state index in [2.05, 4.69) is 6.07 Å². The molecule has 98 valence electrons. The van der Waals surface area contributed by atoms with Crippen LogP contribution in [0.4, 0.5) is 10.2 Å². The van der Waals surface area contributed by atoms with Gasteiger partial charge in [-0.1, -0.05) is 17.7 Å². The molecule has 0 aliphatic heterocycles. The second kappa shape index (κ2) is 4.94. The second-order valence-corrected chi connectivity index (χ2v) is 4.82. The SMILES string of the molecule is Cc1c(C#N)c(N)n(Cc2ccc(F)c(Cl)c2)c1C. The zero-order valence-corrected chi connectivity index (χ0v) is 11.4. The average Bonchev–Trinajstić information content (AvgIpc) is 2.58. The minimum absolute atomic E-state index is 0.0816. The molecule has 0 aliphatic carbocycles. The van der Waals surface area contributed by atoms with E-state index in [-0.39, 0.29) is 5.02 Å². The molecule has 0 spiro atoms. The molecule has 2 N–H and O–H groups in total. The lowest BCUT2D eigenvalue weighted by molar-refractivity contribution is 0.626. The summed E-state index contributed by atoms with van der Waals surface area (Å²) in [4.78, 5) is 0. The normalized spacial score (nSPS) is 10.5. The number of halogens is 2. The molecule has 0 amide bonds. The van der Waals surface area contributed by atoms with Crippen LogP contribution in [0.1, 0.15) is 22.4 Å². The predicted molar refractivity (Wildman–Crippen MR) is 73.5 cm³/mol. The molecule has 1 heterocycles. The zero-order valence-electron chi connectivity index (χ0n) is 10.7. The summed E-state index contributed by atoms with van der Waals surface area (Å²) >= 11 is 5.76. The van der Waals surface area contributed by atoms with Crippen molar-refractivity contribution in [3.8, 4) is 6.07 Å². The van der Waals surface area contributed by atoms with Gasteiger partial charge in [0.1, 0.15) is 17.7 Å². The van der Waals surface area contributed by atoms with Crippen LogP contribution in [0, 0.1) is 31.0 Å². The van der Waals surface area contributed by atoms with Crippen LogP contribution in [0.5, 0.6) is 0 Å². The van der Waals surface area contributed by atoms with E-state index in [1.165, 1.54) is 6.07 Å². The number of anilines is 1. The maximum Gasteiger partial charge on any atom is 0.141 e. The molecule has 1 aromatic heterocycles. The fourth-order valence-corrected chi connectivity index (χ4v) is 2.26. The smallest absolute Gasteiger partial charge is 0.141 e. The molecule has 0 saturated carbocycles. The van der Waals surface area contributed by atoms with Crippen molar-refractivity contribution in [3.05, 3.63) is 51.4 Å². The number of aromatic nitrogens is 1. The summed E-state index contributed by atoms with van der Waals surface area (Å²) in [6.07, 6.45) is 0. The molecule has 0 bridgehead atoms. The number of nitrogen functional groups attached to an aromatic ring is 1. The van der Waals surface area contributed by atoms with Gasteiger partial charge in [-0.15, -0.1) is 0 Å². The Balaban J connectivity index is 2.44. The number of nitrogens with two attached hydrogens (primary N) is 1. The Labute approximate surface area is 116 Å². The topological polar surface area (TPSA) is 54.7 Å². The van der Waals surface area contributed by atoms with Crippen molar-refractivity contribution in [2.45, 2.75) is 20.4 Å². The van der Waals surface area contributed by atoms with E-state index in [0.717, 1.165) is 16.8 Å². The molecule has 0 atom stereocenters. The van der Waals surface area contributed by atoms with Crippen LogP contribution in [0.25, 0.3) is 0 Å². The molecule has 0 unspecified atom stereocenters. The van der Waals surface area contributed by atoms with Crippen molar-refractivity contribution in [1.29, 1.82) is 5.26 Å². The lowest BCUT2D eigenvalue weighted by Crippen LogP contribution is -2.06. The third-order valence-electron chi connectivity index (χ3n) is 3.31. The van der Waals surface area contributed by atoms with Gasteiger partial charge in [-0.2, -0.15) is 5.26 Å². The number of rotatable bonds is 2. The van der Waals surface area contributed by atoms with Gasteiger partial charge >= 0.3 is 0 Å². The minimum Gasteiger partial charge on any atom is -0.384 e. The molecular formula is C14H13ClFN3. The van der Waals surface area contributed by atoms with Crippen molar-refractivity contribution in [2.75, 3.05) is 5.73 Å². The third-order valence-corrected chi connectivity index (χ3v) is 3.60. The van der Waals surface area contributed by atoms with Crippen LogP contribution in [0.15, 0.2) is 18.2 Å². The van der Waals surface area contributed by atoms with Crippen molar-refractivity contribution in [1.82, 2.24) is 4.57 Å². The Morgan fingerprint density at radius 2 is 2.11 bits per heavy atom. The fourth-order valence-electron chi connectivity index (χ4n) is 2.06. The maximum atomic E-state index is 13.1. The molecule has 1 aromatic carbocycles. The highest BCUT2D eigenvalue weighted by Crippen LogP contribution is 2.25. The summed E-state index contributed by atoms with van der Waals surface area (Å²) in [6, 6.07) is 6.64. The van der Waals surface area contributed by atoms with Gasteiger partial charge in [-0.3, -0.25) is 0 Å². The average molecular weight is 278 g/mol. The van der Waals surface area contributed by atoms with Crippen LogP contribution >= 0.6 is 11.6 Å². The number of nitrogens with zero attached hydrogens (tertiary/aromatic N) is 2. The molecule has 19 heavy (non-hydrogen) atoms. The number of nitriles is 1. The minimum atomic E-state index is -0.448. The van der Waals surface area contributed by atoms with Crippen molar-refractivity contribution in [2.24, 2.45) is 0 Å². The quantitative estimate of drug-likeness (QED) is 0.915. The molecular weight excluding hydrogens is 265 g/mol. The highest BCUT2D eigenvalue weighted by molar-refractivity contribution is 6.30. The fraction of sp³-hybridized carbons (Fsp3) is 0.214. The van der Waals surface area contributed by atoms with Gasteiger partial charge in [-0.25, -0.2) is 4.39 Å². The van der Waals surface area contributed by atoms with E-state index in [9.17, 15) is 4.39 Å². The molecule has 5 heteroatoms. The van der Waals surface area contributed by atoms with E-state index in [1.807, 2.05) is 18.4 Å². The first-order valence-corrected chi connectivity index (χ1v) is 6.12. The van der Waals surface area contributed by atoms with E-state index >= 15 is 0 Å². The van der Waals surface area contributed by atoms with Crippen molar-refractivity contribution >= 4 is 17.4 Å². The third kappa shape index (κ3) is 2.29. The summed E-state index contributed by atoms with van der Waals surface area (Å²) in [5.41, 5.74) is 9.08. The van der Waals surface area contributed by atoms with Gasteiger partial charge in [0.2, 0.25) is 0 Å². The zero-order chi connectivity index (χ0) is 14.2. The molecule has 0 radical (unpaired) electrons. The molecule has 2 rings (SSSR count). The van der Waals surface area contributed by atoms with Gasteiger partial charge in [0.25, 0.3) is 0 Å². The molecule has 0 fully saturated rings. The summed E-state index contributed by atoms with van der Waals surface area (Å²) in [7, 11) is 0. The largest absolute Gasteiger partial charge is 0.384 e. The van der Waals surface area contributed by atoms with Crippen LogP contribution in [0.3, 0.4) is 0 Å². The monoisotopic (exact) mass is 277 g/mol. The van der Waals surface area contributed by atoms with Crippen molar-refractivity contribution < 1.29 is 4.39 Å². The van der Waals surface area contributed by atoms with E-state index < -0.39 is 5.82 Å². The highest BCUT2D eigenvalue weighted by atomic mass is 35.5. The van der Waals surface area contributed by atoms with Crippen molar-refractivity contribution in [3.63, 3.8) is 0 Å². The van der Waals surface area contributed by atoms with E-state index in [4.69, 9.17) is 22.6 Å². The maximum absolute atomic E-state index is 13.1. The van der Waals surface area contributed by atoms with Crippen LogP contribution in [0.2, 0.25) is 5.02 Å². The summed E-state index contributed by atoms with van der Waals surface area (Å²) in [6.45, 7) is 4.22. The molecule has 2 aromatic rings. The Morgan fingerprint density at radius 3 is 2.63 bits per heavy atom. The van der Waals surface area contributed by atoms with E-state index in [0.29, 0.717) is 17.9 Å². The first kappa shape index (κ1) is 13.4. The van der Waals surface area contributed by atoms with Crippen LogP contribution < -0.4 is 5.73 Å².